The standard InChI is InChI=1S/C23H36N2O4/c1-7-27-16(2)15-25-12-13-28-20-14-18-8-10-24(22(26)29-23(4,5)6)11-9-19(18)17(3)21(20)25/h14,16H,7-13,15H2,1-6H3/t16-/m1/s1. The number of carbonyl (C=O) groups is 1. The number of rotatable bonds is 4. The third-order valence-corrected chi connectivity index (χ3v) is 5.53. The average molecular weight is 405 g/mol. The summed E-state index contributed by atoms with van der Waals surface area (Å²) in [4.78, 5) is 16.8. The molecule has 0 bridgehead atoms. The molecule has 6 heteroatoms. The summed E-state index contributed by atoms with van der Waals surface area (Å²) in [7, 11) is 0. The van der Waals surface area contributed by atoms with Crippen LogP contribution < -0.4 is 9.64 Å². The van der Waals surface area contributed by atoms with E-state index in [0.717, 1.165) is 38.3 Å². The van der Waals surface area contributed by atoms with Crippen molar-refractivity contribution in [2.24, 2.45) is 0 Å². The number of ether oxygens (including phenoxy) is 3. The number of benzene rings is 1. The molecule has 162 valence electrons. The van der Waals surface area contributed by atoms with E-state index in [4.69, 9.17) is 14.2 Å². The maximum absolute atomic E-state index is 12.6. The van der Waals surface area contributed by atoms with E-state index >= 15 is 0 Å². The molecule has 0 saturated carbocycles. The second-order valence-corrected chi connectivity index (χ2v) is 9.01. The van der Waals surface area contributed by atoms with Crippen LogP contribution in [0.5, 0.6) is 5.75 Å². The Morgan fingerprint density at radius 2 is 1.97 bits per heavy atom. The molecule has 0 aliphatic carbocycles. The molecule has 2 heterocycles. The minimum atomic E-state index is -0.475. The van der Waals surface area contributed by atoms with Crippen LogP contribution in [0, 0.1) is 6.92 Å². The van der Waals surface area contributed by atoms with Gasteiger partial charge < -0.3 is 24.0 Å². The molecule has 0 fully saturated rings. The third kappa shape index (κ3) is 5.16. The Balaban J connectivity index is 1.82. The highest BCUT2D eigenvalue weighted by Gasteiger charge is 2.29. The fraction of sp³-hybridized carbons (Fsp3) is 0.696. The number of fused-ring (bicyclic) bond motifs is 2. The molecular weight excluding hydrogens is 368 g/mol. The van der Waals surface area contributed by atoms with Gasteiger partial charge in [-0.25, -0.2) is 4.79 Å². The number of nitrogens with zero attached hydrogens (tertiary/aromatic N) is 2. The van der Waals surface area contributed by atoms with Gasteiger partial charge in [0.05, 0.1) is 18.3 Å². The number of amides is 1. The molecule has 1 aromatic rings. The Bertz CT molecular complexity index is 741. The highest BCUT2D eigenvalue weighted by atomic mass is 16.6. The SMILES string of the molecule is CCO[C@H](C)CN1CCOc2cc3c(c(C)c21)CCN(C(=O)OC(C)(C)C)CC3. The minimum absolute atomic E-state index is 0.173. The fourth-order valence-corrected chi connectivity index (χ4v) is 4.29. The van der Waals surface area contributed by atoms with Gasteiger partial charge in [-0.05, 0) is 77.1 Å². The number of hydrogen-bond acceptors (Lipinski definition) is 5. The molecule has 0 aromatic heterocycles. The van der Waals surface area contributed by atoms with Crippen molar-refractivity contribution in [3.63, 3.8) is 0 Å². The van der Waals surface area contributed by atoms with E-state index in [2.05, 4.69) is 24.8 Å². The van der Waals surface area contributed by atoms with Crippen LogP contribution in [0.25, 0.3) is 0 Å². The van der Waals surface area contributed by atoms with Crippen molar-refractivity contribution in [3.8, 4) is 5.75 Å². The maximum atomic E-state index is 12.6. The van der Waals surface area contributed by atoms with Gasteiger partial charge in [0.15, 0.2) is 0 Å². The van der Waals surface area contributed by atoms with Crippen LogP contribution in [0.15, 0.2) is 6.07 Å². The second-order valence-electron chi connectivity index (χ2n) is 9.01. The molecule has 0 unspecified atom stereocenters. The van der Waals surface area contributed by atoms with E-state index in [1.807, 2.05) is 32.6 Å². The van der Waals surface area contributed by atoms with Crippen LogP contribution in [-0.4, -0.2) is 62.1 Å². The molecule has 29 heavy (non-hydrogen) atoms. The summed E-state index contributed by atoms with van der Waals surface area (Å²) in [6, 6.07) is 2.19. The van der Waals surface area contributed by atoms with Crippen molar-refractivity contribution >= 4 is 11.8 Å². The minimum Gasteiger partial charge on any atom is -0.490 e. The van der Waals surface area contributed by atoms with Gasteiger partial charge in [0, 0.05) is 26.2 Å². The van der Waals surface area contributed by atoms with Crippen LogP contribution >= 0.6 is 0 Å². The van der Waals surface area contributed by atoms with Crippen molar-refractivity contribution in [2.75, 3.05) is 44.3 Å². The van der Waals surface area contributed by atoms with Crippen LogP contribution in [0.4, 0.5) is 10.5 Å². The lowest BCUT2D eigenvalue weighted by atomic mass is 9.94. The van der Waals surface area contributed by atoms with Crippen LogP contribution in [0.1, 0.15) is 51.3 Å². The molecule has 1 atom stereocenters. The van der Waals surface area contributed by atoms with Gasteiger partial charge >= 0.3 is 6.09 Å². The first-order valence-corrected chi connectivity index (χ1v) is 10.8. The summed E-state index contributed by atoms with van der Waals surface area (Å²) in [5, 5.41) is 0. The summed E-state index contributed by atoms with van der Waals surface area (Å²) in [5.41, 5.74) is 4.61. The monoisotopic (exact) mass is 404 g/mol. The fourth-order valence-electron chi connectivity index (χ4n) is 4.29. The van der Waals surface area contributed by atoms with Gasteiger partial charge in [-0.15, -0.1) is 0 Å². The van der Waals surface area contributed by atoms with Gasteiger partial charge in [0.25, 0.3) is 0 Å². The molecule has 6 nitrogen and oxygen atoms in total. The first-order valence-electron chi connectivity index (χ1n) is 10.8. The summed E-state index contributed by atoms with van der Waals surface area (Å²) < 4.78 is 17.4. The largest absolute Gasteiger partial charge is 0.490 e. The highest BCUT2D eigenvalue weighted by Crippen LogP contribution is 2.40. The zero-order valence-electron chi connectivity index (χ0n) is 18.8. The van der Waals surface area contributed by atoms with Crippen molar-refractivity contribution in [1.29, 1.82) is 0 Å². The lowest BCUT2D eigenvalue weighted by Gasteiger charge is -2.35. The first kappa shape index (κ1) is 21.8. The zero-order chi connectivity index (χ0) is 21.2. The molecule has 0 spiro atoms. The Labute approximate surface area is 175 Å². The van der Waals surface area contributed by atoms with Crippen LogP contribution in [-0.2, 0) is 22.3 Å². The van der Waals surface area contributed by atoms with E-state index < -0.39 is 5.60 Å². The van der Waals surface area contributed by atoms with E-state index in [1.165, 1.54) is 22.4 Å². The molecule has 1 aromatic carbocycles. The molecule has 0 N–H and O–H groups in total. The van der Waals surface area contributed by atoms with Crippen LogP contribution in [0.2, 0.25) is 0 Å². The summed E-state index contributed by atoms with van der Waals surface area (Å²) >= 11 is 0. The number of carbonyl (C=O) groups excluding carboxylic acids is 1. The van der Waals surface area contributed by atoms with E-state index in [-0.39, 0.29) is 12.2 Å². The summed E-state index contributed by atoms with van der Waals surface area (Å²) in [6.07, 6.45) is 1.60. The van der Waals surface area contributed by atoms with Crippen molar-refractivity contribution in [1.82, 2.24) is 4.90 Å². The van der Waals surface area contributed by atoms with E-state index in [1.54, 1.807) is 0 Å². The lowest BCUT2D eigenvalue weighted by molar-refractivity contribution is 0.0258. The number of hydrogen-bond donors (Lipinski definition) is 0. The molecule has 0 radical (unpaired) electrons. The zero-order valence-corrected chi connectivity index (χ0v) is 18.8. The van der Waals surface area contributed by atoms with Gasteiger partial charge in [-0.1, -0.05) is 0 Å². The normalized spacial score (nSPS) is 17.7. The Hall–Kier alpha value is -1.95. The van der Waals surface area contributed by atoms with Gasteiger partial charge in [0.1, 0.15) is 18.0 Å². The topological polar surface area (TPSA) is 51.2 Å². The predicted octanol–water partition coefficient (Wildman–Crippen LogP) is 3.95. The maximum Gasteiger partial charge on any atom is 0.410 e. The second kappa shape index (κ2) is 8.82. The molecule has 2 aliphatic rings. The van der Waals surface area contributed by atoms with Gasteiger partial charge in [0.2, 0.25) is 0 Å². The molecule has 1 amide bonds. The van der Waals surface area contributed by atoms with Crippen molar-refractivity contribution in [2.45, 2.75) is 66.1 Å². The summed E-state index contributed by atoms with van der Waals surface area (Å²) in [6.45, 7) is 16.6. The highest BCUT2D eigenvalue weighted by molar-refractivity contribution is 5.71. The average Bonchev–Trinajstić information content (AvgIpc) is 2.83. The first-order chi connectivity index (χ1) is 13.7. The Morgan fingerprint density at radius 1 is 1.24 bits per heavy atom. The molecule has 3 rings (SSSR count). The number of anilines is 1. The van der Waals surface area contributed by atoms with E-state index in [0.29, 0.717) is 19.7 Å². The van der Waals surface area contributed by atoms with E-state index in [9.17, 15) is 4.79 Å². The summed E-state index contributed by atoms with van der Waals surface area (Å²) in [5.74, 6) is 0.960. The predicted molar refractivity (Wildman–Crippen MR) is 115 cm³/mol. The third-order valence-electron chi connectivity index (χ3n) is 5.53. The van der Waals surface area contributed by atoms with Crippen molar-refractivity contribution in [3.05, 3.63) is 22.8 Å². The smallest absolute Gasteiger partial charge is 0.410 e. The molecule has 2 aliphatic heterocycles. The lowest BCUT2D eigenvalue weighted by Crippen LogP contribution is -2.39. The quantitative estimate of drug-likeness (QED) is 0.760. The van der Waals surface area contributed by atoms with Gasteiger partial charge in [-0.3, -0.25) is 0 Å². The van der Waals surface area contributed by atoms with Crippen molar-refractivity contribution < 1.29 is 19.0 Å². The Kier molecular flexibility index (Phi) is 6.62. The van der Waals surface area contributed by atoms with Crippen LogP contribution in [0.3, 0.4) is 0 Å². The Morgan fingerprint density at radius 3 is 2.66 bits per heavy atom. The molecule has 0 saturated heterocycles. The van der Waals surface area contributed by atoms with Gasteiger partial charge in [-0.2, -0.15) is 0 Å². The molecular formula is C23H36N2O4.